The number of ether oxygens (including phenoxy) is 2. The molecular weight excluding hydrogens is 266 g/mol. The first-order valence-corrected chi connectivity index (χ1v) is 7.37. The predicted octanol–water partition coefficient (Wildman–Crippen LogP) is 2.08. The molecule has 0 bridgehead atoms. The smallest absolute Gasteiger partial charge is 0.165 e. The van der Waals surface area contributed by atoms with E-state index in [0.29, 0.717) is 19.1 Å². The molecule has 0 amide bonds. The summed E-state index contributed by atoms with van der Waals surface area (Å²) in [6.07, 6.45) is 5.66. The van der Waals surface area contributed by atoms with Crippen LogP contribution in [0.1, 0.15) is 12.5 Å². The van der Waals surface area contributed by atoms with E-state index >= 15 is 0 Å². The summed E-state index contributed by atoms with van der Waals surface area (Å²) in [5, 5.41) is 3.49. The molecule has 112 valence electrons. The van der Waals surface area contributed by atoms with Crippen LogP contribution < -0.4 is 14.8 Å². The molecule has 3 rings (SSSR count). The Labute approximate surface area is 124 Å². The SMILES string of the molecule is CC(CNCc1cccc2c1OCCO2)Cn1ccnc1. The number of para-hydroxylation sites is 1. The zero-order valence-corrected chi connectivity index (χ0v) is 12.3. The Hall–Kier alpha value is -2.01. The van der Waals surface area contributed by atoms with E-state index in [1.165, 1.54) is 0 Å². The van der Waals surface area contributed by atoms with Crippen LogP contribution in [0.15, 0.2) is 36.9 Å². The van der Waals surface area contributed by atoms with Crippen LogP contribution in [0, 0.1) is 5.92 Å². The van der Waals surface area contributed by atoms with Crippen LogP contribution in [0.5, 0.6) is 11.5 Å². The highest BCUT2D eigenvalue weighted by Gasteiger charge is 2.15. The minimum absolute atomic E-state index is 0.538. The highest BCUT2D eigenvalue weighted by molar-refractivity contribution is 5.47. The second kappa shape index (κ2) is 6.63. The van der Waals surface area contributed by atoms with Crippen molar-refractivity contribution in [3.8, 4) is 11.5 Å². The Morgan fingerprint density at radius 1 is 1.33 bits per heavy atom. The predicted molar refractivity (Wildman–Crippen MR) is 80.5 cm³/mol. The third-order valence-corrected chi connectivity index (χ3v) is 3.54. The lowest BCUT2D eigenvalue weighted by molar-refractivity contribution is 0.169. The topological polar surface area (TPSA) is 48.3 Å². The lowest BCUT2D eigenvalue weighted by atomic mass is 10.1. The van der Waals surface area contributed by atoms with Crippen LogP contribution >= 0.6 is 0 Å². The minimum atomic E-state index is 0.538. The number of imidazole rings is 1. The molecule has 1 aromatic heterocycles. The molecule has 2 heterocycles. The van der Waals surface area contributed by atoms with Gasteiger partial charge in [-0.3, -0.25) is 0 Å². The third-order valence-electron chi connectivity index (χ3n) is 3.54. The average molecular weight is 287 g/mol. The van der Waals surface area contributed by atoms with E-state index < -0.39 is 0 Å². The Morgan fingerprint density at radius 3 is 3.10 bits per heavy atom. The van der Waals surface area contributed by atoms with Crippen molar-refractivity contribution in [3.05, 3.63) is 42.5 Å². The lowest BCUT2D eigenvalue weighted by Crippen LogP contribution is -2.24. The number of hydrogen-bond acceptors (Lipinski definition) is 4. The fourth-order valence-electron chi connectivity index (χ4n) is 2.55. The molecule has 1 atom stereocenters. The number of rotatable bonds is 6. The van der Waals surface area contributed by atoms with Gasteiger partial charge in [0.25, 0.3) is 0 Å². The molecule has 0 saturated heterocycles. The minimum Gasteiger partial charge on any atom is -0.486 e. The highest BCUT2D eigenvalue weighted by Crippen LogP contribution is 2.33. The molecule has 1 unspecified atom stereocenters. The summed E-state index contributed by atoms with van der Waals surface area (Å²) in [6, 6.07) is 6.06. The molecule has 0 aliphatic carbocycles. The van der Waals surface area contributed by atoms with Crippen LogP contribution in [-0.4, -0.2) is 29.3 Å². The van der Waals surface area contributed by atoms with Gasteiger partial charge in [0, 0.05) is 31.0 Å². The standard InChI is InChI=1S/C16H21N3O2/c1-13(11-19-6-5-17-12-19)9-18-10-14-3-2-4-15-16(14)21-8-7-20-15/h2-6,12-13,18H,7-11H2,1H3. The van der Waals surface area contributed by atoms with Gasteiger partial charge in [-0.2, -0.15) is 0 Å². The number of benzene rings is 1. The maximum absolute atomic E-state index is 5.72. The van der Waals surface area contributed by atoms with Gasteiger partial charge in [-0.05, 0) is 18.5 Å². The quantitative estimate of drug-likeness (QED) is 0.883. The summed E-state index contributed by atoms with van der Waals surface area (Å²) in [4.78, 5) is 4.06. The van der Waals surface area contributed by atoms with Crippen molar-refractivity contribution in [2.75, 3.05) is 19.8 Å². The van der Waals surface area contributed by atoms with Crippen molar-refractivity contribution >= 4 is 0 Å². The molecule has 2 aromatic rings. The van der Waals surface area contributed by atoms with Crippen LogP contribution in [0.25, 0.3) is 0 Å². The largest absolute Gasteiger partial charge is 0.486 e. The maximum Gasteiger partial charge on any atom is 0.165 e. The van der Waals surface area contributed by atoms with Crippen molar-refractivity contribution < 1.29 is 9.47 Å². The van der Waals surface area contributed by atoms with Crippen LogP contribution in [-0.2, 0) is 13.1 Å². The van der Waals surface area contributed by atoms with E-state index in [1.54, 1.807) is 0 Å². The van der Waals surface area contributed by atoms with Gasteiger partial charge in [-0.25, -0.2) is 4.98 Å². The molecular formula is C16H21N3O2. The zero-order chi connectivity index (χ0) is 14.5. The van der Waals surface area contributed by atoms with Gasteiger partial charge in [0.2, 0.25) is 0 Å². The van der Waals surface area contributed by atoms with Crippen molar-refractivity contribution in [1.82, 2.24) is 14.9 Å². The number of hydrogen-bond donors (Lipinski definition) is 1. The van der Waals surface area contributed by atoms with Crippen LogP contribution in [0.2, 0.25) is 0 Å². The molecule has 1 aromatic carbocycles. The van der Waals surface area contributed by atoms with Gasteiger partial charge >= 0.3 is 0 Å². The molecule has 0 fully saturated rings. The number of nitrogens with one attached hydrogen (secondary N) is 1. The molecule has 0 saturated carbocycles. The Balaban J connectivity index is 1.51. The first-order chi connectivity index (χ1) is 10.3. The second-order valence-electron chi connectivity index (χ2n) is 5.44. The summed E-state index contributed by atoms with van der Waals surface area (Å²) in [6.45, 7) is 6.20. The van der Waals surface area contributed by atoms with Gasteiger partial charge < -0.3 is 19.4 Å². The molecule has 21 heavy (non-hydrogen) atoms. The van der Waals surface area contributed by atoms with Gasteiger partial charge in [-0.1, -0.05) is 19.1 Å². The van der Waals surface area contributed by atoms with Crippen molar-refractivity contribution in [2.45, 2.75) is 20.0 Å². The molecule has 5 nitrogen and oxygen atoms in total. The van der Waals surface area contributed by atoms with Gasteiger partial charge in [0.1, 0.15) is 13.2 Å². The maximum atomic E-state index is 5.72. The van der Waals surface area contributed by atoms with Crippen molar-refractivity contribution in [1.29, 1.82) is 0 Å². The second-order valence-corrected chi connectivity index (χ2v) is 5.44. The average Bonchev–Trinajstić information content (AvgIpc) is 3.00. The normalized spacial score (nSPS) is 14.9. The molecule has 1 aliphatic rings. The lowest BCUT2D eigenvalue weighted by Gasteiger charge is -2.21. The summed E-state index contributed by atoms with van der Waals surface area (Å²) < 4.78 is 13.4. The van der Waals surface area contributed by atoms with E-state index in [2.05, 4.69) is 27.9 Å². The summed E-state index contributed by atoms with van der Waals surface area (Å²) >= 11 is 0. The van der Waals surface area contributed by atoms with E-state index in [9.17, 15) is 0 Å². The summed E-state index contributed by atoms with van der Waals surface area (Å²) in [7, 11) is 0. The zero-order valence-electron chi connectivity index (χ0n) is 12.3. The monoisotopic (exact) mass is 287 g/mol. The number of nitrogens with zero attached hydrogens (tertiary/aromatic N) is 2. The van der Waals surface area contributed by atoms with Gasteiger partial charge in [-0.15, -0.1) is 0 Å². The van der Waals surface area contributed by atoms with Gasteiger partial charge in [0.05, 0.1) is 6.33 Å². The molecule has 1 N–H and O–H groups in total. The van der Waals surface area contributed by atoms with E-state index in [0.717, 1.165) is 36.7 Å². The van der Waals surface area contributed by atoms with E-state index in [4.69, 9.17) is 9.47 Å². The number of fused-ring (bicyclic) bond motifs is 1. The summed E-state index contributed by atoms with van der Waals surface area (Å²) in [5.41, 5.74) is 1.15. The molecule has 0 spiro atoms. The fourth-order valence-corrected chi connectivity index (χ4v) is 2.55. The molecule has 0 radical (unpaired) electrons. The first-order valence-electron chi connectivity index (χ1n) is 7.37. The molecule has 5 heteroatoms. The Kier molecular flexibility index (Phi) is 4.40. The summed E-state index contributed by atoms with van der Waals surface area (Å²) in [5.74, 6) is 2.28. The Morgan fingerprint density at radius 2 is 2.24 bits per heavy atom. The van der Waals surface area contributed by atoms with Crippen LogP contribution in [0.3, 0.4) is 0 Å². The fraction of sp³-hybridized carbons (Fsp3) is 0.438. The van der Waals surface area contributed by atoms with E-state index in [-0.39, 0.29) is 0 Å². The van der Waals surface area contributed by atoms with Crippen molar-refractivity contribution in [3.63, 3.8) is 0 Å². The first kappa shape index (κ1) is 13.9. The van der Waals surface area contributed by atoms with Gasteiger partial charge in [0.15, 0.2) is 11.5 Å². The highest BCUT2D eigenvalue weighted by atomic mass is 16.6. The van der Waals surface area contributed by atoms with E-state index in [1.807, 2.05) is 30.9 Å². The third kappa shape index (κ3) is 3.55. The van der Waals surface area contributed by atoms with Crippen LogP contribution in [0.4, 0.5) is 0 Å². The Bertz CT molecular complexity index is 569. The molecule has 1 aliphatic heterocycles. The van der Waals surface area contributed by atoms with Crippen molar-refractivity contribution in [2.24, 2.45) is 5.92 Å². The number of aromatic nitrogens is 2.